The number of alkyl halides is 3. The first-order valence-electron chi connectivity index (χ1n) is 10.8. The van der Waals surface area contributed by atoms with Gasteiger partial charge in [0.25, 0.3) is 0 Å². The molecular weight excluding hydrogens is 472 g/mol. The molecule has 0 atom stereocenters. The van der Waals surface area contributed by atoms with Crippen LogP contribution in [0.25, 0.3) is 0 Å². The summed E-state index contributed by atoms with van der Waals surface area (Å²) in [6.45, 7) is 4.58. The van der Waals surface area contributed by atoms with E-state index in [0.29, 0.717) is 11.3 Å². The zero-order valence-electron chi connectivity index (χ0n) is 19.5. The van der Waals surface area contributed by atoms with Gasteiger partial charge in [0, 0.05) is 12.2 Å². The molecule has 0 bridgehead atoms. The van der Waals surface area contributed by atoms with Gasteiger partial charge in [0.15, 0.2) is 17.2 Å². The van der Waals surface area contributed by atoms with Gasteiger partial charge in [-0.2, -0.15) is 13.2 Å². The molecule has 0 N–H and O–H groups in total. The van der Waals surface area contributed by atoms with Gasteiger partial charge >= 0.3 is 12.1 Å². The first kappa shape index (κ1) is 26.3. The summed E-state index contributed by atoms with van der Waals surface area (Å²) in [5, 5.41) is 0. The van der Waals surface area contributed by atoms with E-state index in [2.05, 4.69) is 0 Å². The number of rotatable bonds is 7. The van der Waals surface area contributed by atoms with Crippen LogP contribution in [0.1, 0.15) is 31.9 Å². The highest BCUT2D eigenvalue weighted by molar-refractivity contribution is 5.81. The molecule has 190 valence electrons. The molecule has 2 aromatic carbocycles. The van der Waals surface area contributed by atoms with Crippen LogP contribution in [0.2, 0.25) is 0 Å². The monoisotopic (exact) mass is 498 g/mol. The molecule has 7 nitrogen and oxygen atoms in total. The van der Waals surface area contributed by atoms with Crippen molar-refractivity contribution < 1.29 is 41.4 Å². The summed E-state index contributed by atoms with van der Waals surface area (Å²) in [7, 11) is 0. The van der Waals surface area contributed by atoms with E-state index in [-0.39, 0.29) is 44.8 Å². The lowest BCUT2D eigenvalue weighted by Crippen LogP contribution is -2.40. The second-order valence-corrected chi connectivity index (χ2v) is 8.39. The summed E-state index contributed by atoms with van der Waals surface area (Å²) >= 11 is 0. The number of nitrogens with zero attached hydrogens (tertiary/aromatic N) is 2. The maximum atomic E-state index is 14.7. The molecule has 1 amide bonds. The highest BCUT2D eigenvalue weighted by Crippen LogP contribution is 2.31. The van der Waals surface area contributed by atoms with Crippen molar-refractivity contribution in [3.63, 3.8) is 0 Å². The van der Waals surface area contributed by atoms with E-state index in [1.54, 1.807) is 13.0 Å². The van der Waals surface area contributed by atoms with Crippen molar-refractivity contribution >= 4 is 17.6 Å². The fraction of sp³-hybridized carbons (Fsp3) is 0.417. The lowest BCUT2D eigenvalue weighted by atomic mass is 10.1. The third kappa shape index (κ3) is 6.62. The second kappa shape index (κ2) is 10.5. The smallest absolute Gasteiger partial charge is 0.416 e. The van der Waals surface area contributed by atoms with Gasteiger partial charge in [-0.15, -0.1) is 0 Å². The van der Waals surface area contributed by atoms with Crippen molar-refractivity contribution in [2.75, 3.05) is 31.5 Å². The number of halogens is 4. The normalized spacial score (nSPS) is 15.1. The number of hydrogen-bond acceptors (Lipinski definition) is 6. The molecule has 1 fully saturated rings. The Hall–Kier alpha value is -3.34. The Morgan fingerprint density at radius 3 is 2.37 bits per heavy atom. The molecule has 2 aromatic rings. The van der Waals surface area contributed by atoms with Crippen molar-refractivity contribution in [3.05, 3.63) is 59.4 Å². The standard InChI is InChI=1S/C24H26F4N2O5/c1-4-34-22(32)23(2,3)35-20-10-5-16(11-19(20)25)12-30-15-33-14-29(13-21(30)31)18-8-6-17(7-9-18)24(26,27)28/h5-11H,4,12-15H2,1-3H3. The van der Waals surface area contributed by atoms with E-state index in [0.717, 1.165) is 12.1 Å². The van der Waals surface area contributed by atoms with Crippen LogP contribution in [-0.2, 0) is 31.8 Å². The third-order valence-corrected chi connectivity index (χ3v) is 5.23. The number of carbonyl (C=O) groups excluding carboxylic acids is 2. The number of amides is 1. The predicted molar refractivity (Wildman–Crippen MR) is 118 cm³/mol. The highest BCUT2D eigenvalue weighted by Gasteiger charge is 2.33. The fourth-order valence-corrected chi connectivity index (χ4v) is 3.37. The summed E-state index contributed by atoms with van der Waals surface area (Å²) in [5.41, 5.74) is -1.31. The van der Waals surface area contributed by atoms with E-state index >= 15 is 0 Å². The minimum Gasteiger partial charge on any atom is -0.473 e. The average molecular weight is 498 g/mol. The van der Waals surface area contributed by atoms with E-state index in [4.69, 9.17) is 14.2 Å². The van der Waals surface area contributed by atoms with Gasteiger partial charge < -0.3 is 24.0 Å². The summed E-state index contributed by atoms with van der Waals surface area (Å²) in [6.07, 6.45) is -4.45. The minimum atomic E-state index is -4.45. The number of esters is 1. The van der Waals surface area contributed by atoms with Crippen LogP contribution in [0.3, 0.4) is 0 Å². The van der Waals surface area contributed by atoms with Crippen molar-refractivity contribution in [1.29, 1.82) is 0 Å². The molecule has 0 radical (unpaired) electrons. The molecule has 0 unspecified atom stereocenters. The van der Waals surface area contributed by atoms with Gasteiger partial charge in [0.2, 0.25) is 5.91 Å². The summed E-state index contributed by atoms with van der Waals surface area (Å²) < 4.78 is 69.0. The summed E-state index contributed by atoms with van der Waals surface area (Å²) in [5.74, 6) is -1.83. The van der Waals surface area contributed by atoms with Crippen LogP contribution in [0, 0.1) is 5.82 Å². The zero-order chi connectivity index (χ0) is 25.8. The Kier molecular flexibility index (Phi) is 7.89. The van der Waals surface area contributed by atoms with E-state index in [9.17, 15) is 27.2 Å². The predicted octanol–water partition coefficient (Wildman–Crippen LogP) is 4.35. The average Bonchev–Trinajstić information content (AvgIpc) is 2.96. The van der Waals surface area contributed by atoms with Crippen LogP contribution < -0.4 is 9.64 Å². The first-order chi connectivity index (χ1) is 16.4. The maximum absolute atomic E-state index is 14.7. The summed E-state index contributed by atoms with van der Waals surface area (Å²) in [4.78, 5) is 27.6. The zero-order valence-corrected chi connectivity index (χ0v) is 19.5. The van der Waals surface area contributed by atoms with Crippen molar-refractivity contribution in [1.82, 2.24) is 4.90 Å². The molecule has 1 aliphatic rings. The third-order valence-electron chi connectivity index (χ3n) is 5.23. The maximum Gasteiger partial charge on any atom is 0.416 e. The number of hydrogen-bond donors (Lipinski definition) is 0. The molecule has 11 heteroatoms. The number of ether oxygens (including phenoxy) is 3. The van der Waals surface area contributed by atoms with E-state index < -0.39 is 29.1 Å². The quantitative estimate of drug-likeness (QED) is 0.418. The minimum absolute atomic E-state index is 0.00230. The van der Waals surface area contributed by atoms with Gasteiger partial charge in [0.05, 0.1) is 18.7 Å². The molecule has 1 aliphatic heterocycles. The molecule has 35 heavy (non-hydrogen) atoms. The van der Waals surface area contributed by atoms with Crippen LogP contribution >= 0.6 is 0 Å². The van der Waals surface area contributed by atoms with Crippen molar-refractivity contribution in [2.24, 2.45) is 0 Å². The van der Waals surface area contributed by atoms with Gasteiger partial charge in [-0.05, 0) is 62.7 Å². The topological polar surface area (TPSA) is 68.3 Å². The Labute approximate surface area is 200 Å². The van der Waals surface area contributed by atoms with Crippen LogP contribution in [0.15, 0.2) is 42.5 Å². The molecule has 1 saturated heterocycles. The lowest BCUT2D eigenvalue weighted by Gasteiger charge is -2.25. The van der Waals surface area contributed by atoms with Crippen LogP contribution in [-0.4, -0.2) is 49.0 Å². The molecule has 0 aliphatic carbocycles. The van der Waals surface area contributed by atoms with E-state index in [1.807, 2.05) is 0 Å². The SMILES string of the molecule is CCOC(=O)C(C)(C)Oc1ccc(CN2COCN(c3ccc(C(F)(F)F)cc3)CC2=O)cc1F. The van der Waals surface area contributed by atoms with Gasteiger partial charge in [-0.3, -0.25) is 4.79 Å². The molecular formula is C24H26F4N2O5. The molecule has 0 aromatic heterocycles. The summed E-state index contributed by atoms with van der Waals surface area (Å²) in [6, 6.07) is 8.56. The molecule has 1 heterocycles. The molecule has 0 saturated carbocycles. The Morgan fingerprint density at radius 1 is 1.09 bits per heavy atom. The Balaban J connectivity index is 1.65. The molecule has 0 spiro atoms. The van der Waals surface area contributed by atoms with Crippen LogP contribution in [0.5, 0.6) is 5.75 Å². The Bertz CT molecular complexity index is 1060. The van der Waals surface area contributed by atoms with E-state index in [1.165, 1.54) is 47.9 Å². The van der Waals surface area contributed by atoms with Gasteiger partial charge in [0.1, 0.15) is 13.5 Å². The van der Waals surface area contributed by atoms with Crippen LogP contribution in [0.4, 0.5) is 23.2 Å². The number of carbonyl (C=O) groups is 2. The number of anilines is 1. The van der Waals surface area contributed by atoms with Crippen molar-refractivity contribution in [2.45, 2.75) is 39.1 Å². The highest BCUT2D eigenvalue weighted by atomic mass is 19.4. The second-order valence-electron chi connectivity index (χ2n) is 8.39. The number of benzene rings is 2. The Morgan fingerprint density at radius 2 is 1.77 bits per heavy atom. The largest absolute Gasteiger partial charge is 0.473 e. The van der Waals surface area contributed by atoms with Crippen molar-refractivity contribution in [3.8, 4) is 5.75 Å². The lowest BCUT2D eigenvalue weighted by molar-refractivity contribution is -0.158. The van der Waals surface area contributed by atoms with Gasteiger partial charge in [-0.1, -0.05) is 6.07 Å². The van der Waals surface area contributed by atoms with Gasteiger partial charge in [-0.25, -0.2) is 9.18 Å². The fourth-order valence-electron chi connectivity index (χ4n) is 3.37. The first-order valence-corrected chi connectivity index (χ1v) is 10.8. The molecule has 3 rings (SSSR count).